The number of hydrogen-bond donors (Lipinski definition) is 2. The summed E-state index contributed by atoms with van der Waals surface area (Å²) >= 11 is 0. The Labute approximate surface area is 124 Å². The van der Waals surface area contributed by atoms with E-state index in [0.717, 1.165) is 19.0 Å². The summed E-state index contributed by atoms with van der Waals surface area (Å²) < 4.78 is 26.6. The van der Waals surface area contributed by atoms with E-state index in [2.05, 4.69) is 4.72 Å². The molecule has 0 bridgehead atoms. The van der Waals surface area contributed by atoms with Crippen molar-refractivity contribution in [1.29, 1.82) is 0 Å². The molecule has 0 heterocycles. The van der Waals surface area contributed by atoms with Gasteiger partial charge in [-0.25, -0.2) is 13.1 Å². The van der Waals surface area contributed by atoms with Crippen LogP contribution in [0.25, 0.3) is 0 Å². The van der Waals surface area contributed by atoms with E-state index in [9.17, 15) is 18.5 Å². The fourth-order valence-corrected chi connectivity index (χ4v) is 2.93. The SMILES string of the molecule is CN(C)CCCCNS(=O)(=O)c1cc([N+](=O)[O-])ccc1N. The van der Waals surface area contributed by atoms with Gasteiger partial charge >= 0.3 is 0 Å². The molecule has 1 aromatic rings. The molecule has 21 heavy (non-hydrogen) atoms. The highest BCUT2D eigenvalue weighted by Gasteiger charge is 2.20. The van der Waals surface area contributed by atoms with E-state index in [1.165, 1.54) is 12.1 Å². The topological polar surface area (TPSA) is 119 Å². The van der Waals surface area contributed by atoms with E-state index >= 15 is 0 Å². The van der Waals surface area contributed by atoms with Crippen molar-refractivity contribution in [2.75, 3.05) is 32.9 Å². The van der Waals surface area contributed by atoms with Gasteiger partial charge in [0.25, 0.3) is 5.69 Å². The number of non-ortho nitro benzene ring substituents is 1. The van der Waals surface area contributed by atoms with Crippen LogP contribution >= 0.6 is 0 Å². The van der Waals surface area contributed by atoms with Crippen LogP contribution in [0.5, 0.6) is 0 Å². The van der Waals surface area contributed by atoms with E-state index in [0.29, 0.717) is 6.42 Å². The zero-order valence-electron chi connectivity index (χ0n) is 12.1. The third-order valence-electron chi connectivity index (χ3n) is 2.82. The van der Waals surface area contributed by atoms with Gasteiger partial charge in [0.2, 0.25) is 10.0 Å². The van der Waals surface area contributed by atoms with Crippen molar-refractivity contribution < 1.29 is 13.3 Å². The predicted molar refractivity (Wildman–Crippen MR) is 80.5 cm³/mol. The molecule has 0 spiro atoms. The normalized spacial score (nSPS) is 11.8. The summed E-state index contributed by atoms with van der Waals surface area (Å²) in [6, 6.07) is 3.36. The lowest BCUT2D eigenvalue weighted by Crippen LogP contribution is -2.26. The Morgan fingerprint density at radius 1 is 1.33 bits per heavy atom. The molecule has 9 heteroatoms. The number of nitrogens with one attached hydrogen (secondary N) is 1. The van der Waals surface area contributed by atoms with Gasteiger partial charge in [0.15, 0.2) is 0 Å². The average molecular weight is 316 g/mol. The van der Waals surface area contributed by atoms with Crippen LogP contribution in [0.2, 0.25) is 0 Å². The third-order valence-corrected chi connectivity index (χ3v) is 4.34. The van der Waals surface area contributed by atoms with Gasteiger partial charge in [-0.05, 0) is 39.5 Å². The quantitative estimate of drug-likeness (QED) is 0.317. The molecule has 0 saturated heterocycles. The minimum Gasteiger partial charge on any atom is -0.398 e. The number of nitrogens with zero attached hydrogens (tertiary/aromatic N) is 2. The van der Waals surface area contributed by atoms with Crippen LogP contribution in [0.4, 0.5) is 11.4 Å². The summed E-state index contributed by atoms with van der Waals surface area (Å²) in [5.41, 5.74) is 5.28. The maximum absolute atomic E-state index is 12.1. The minimum absolute atomic E-state index is 0.0126. The van der Waals surface area contributed by atoms with Crippen LogP contribution < -0.4 is 10.5 Å². The first kappa shape index (κ1) is 17.3. The van der Waals surface area contributed by atoms with Gasteiger partial charge in [-0.2, -0.15) is 0 Å². The van der Waals surface area contributed by atoms with E-state index in [4.69, 9.17) is 5.73 Å². The Hall–Kier alpha value is -1.71. The first-order valence-corrected chi connectivity index (χ1v) is 7.90. The summed E-state index contributed by atoms with van der Waals surface area (Å²) in [6.45, 7) is 1.12. The van der Waals surface area contributed by atoms with Crippen molar-refractivity contribution in [2.45, 2.75) is 17.7 Å². The molecular formula is C12H20N4O4S. The van der Waals surface area contributed by atoms with Crippen molar-refractivity contribution in [3.8, 4) is 0 Å². The van der Waals surface area contributed by atoms with Crippen molar-refractivity contribution >= 4 is 21.4 Å². The molecule has 0 aliphatic heterocycles. The van der Waals surface area contributed by atoms with E-state index in [-0.39, 0.29) is 22.8 Å². The van der Waals surface area contributed by atoms with E-state index in [1.54, 1.807) is 0 Å². The number of nitro benzene ring substituents is 1. The molecule has 0 aromatic heterocycles. The van der Waals surface area contributed by atoms with Crippen LogP contribution in [0.15, 0.2) is 23.1 Å². The van der Waals surface area contributed by atoms with E-state index in [1.807, 2.05) is 19.0 Å². The van der Waals surface area contributed by atoms with Crippen molar-refractivity contribution in [3.63, 3.8) is 0 Å². The molecule has 118 valence electrons. The van der Waals surface area contributed by atoms with Crippen molar-refractivity contribution in [3.05, 3.63) is 28.3 Å². The number of unbranched alkanes of at least 4 members (excludes halogenated alkanes) is 1. The number of benzene rings is 1. The number of hydrogen-bond acceptors (Lipinski definition) is 6. The highest BCUT2D eigenvalue weighted by molar-refractivity contribution is 7.89. The fraction of sp³-hybridized carbons (Fsp3) is 0.500. The molecule has 0 aliphatic rings. The highest BCUT2D eigenvalue weighted by Crippen LogP contribution is 2.23. The number of nitrogen functional groups attached to an aromatic ring is 1. The average Bonchev–Trinajstić information content (AvgIpc) is 2.37. The van der Waals surface area contributed by atoms with Gasteiger partial charge < -0.3 is 10.6 Å². The number of nitrogens with two attached hydrogens (primary N) is 1. The largest absolute Gasteiger partial charge is 0.398 e. The van der Waals surface area contributed by atoms with Crippen LogP contribution in [0.3, 0.4) is 0 Å². The Kier molecular flexibility index (Phi) is 6.06. The molecule has 0 fully saturated rings. The van der Waals surface area contributed by atoms with Crippen LogP contribution in [0.1, 0.15) is 12.8 Å². The first-order valence-electron chi connectivity index (χ1n) is 6.42. The molecule has 0 atom stereocenters. The fourth-order valence-electron chi connectivity index (χ4n) is 1.71. The second-order valence-corrected chi connectivity index (χ2v) is 6.62. The molecule has 1 rings (SSSR count). The monoisotopic (exact) mass is 316 g/mol. The second kappa shape index (κ2) is 7.34. The van der Waals surface area contributed by atoms with Gasteiger partial charge in [-0.1, -0.05) is 0 Å². The Bertz CT molecular complexity index is 601. The predicted octanol–water partition coefficient (Wildman–Crippen LogP) is 0.797. The maximum Gasteiger partial charge on any atom is 0.270 e. The summed E-state index contributed by atoms with van der Waals surface area (Å²) in [5.74, 6) is 0. The molecule has 0 saturated carbocycles. The van der Waals surface area contributed by atoms with Gasteiger partial charge in [-0.3, -0.25) is 10.1 Å². The lowest BCUT2D eigenvalue weighted by molar-refractivity contribution is -0.385. The molecule has 8 nitrogen and oxygen atoms in total. The lowest BCUT2D eigenvalue weighted by atomic mass is 10.3. The molecule has 1 aromatic carbocycles. The Morgan fingerprint density at radius 2 is 2.00 bits per heavy atom. The maximum atomic E-state index is 12.1. The lowest BCUT2D eigenvalue weighted by Gasteiger charge is -2.11. The second-order valence-electron chi connectivity index (χ2n) is 4.89. The molecule has 0 unspecified atom stereocenters. The smallest absolute Gasteiger partial charge is 0.270 e. The van der Waals surface area contributed by atoms with Gasteiger partial charge in [0.1, 0.15) is 4.90 Å². The molecule has 0 aliphatic carbocycles. The van der Waals surface area contributed by atoms with Crippen LogP contribution in [-0.2, 0) is 10.0 Å². The van der Waals surface area contributed by atoms with Crippen LogP contribution in [-0.4, -0.2) is 45.4 Å². The van der Waals surface area contributed by atoms with E-state index < -0.39 is 14.9 Å². The van der Waals surface area contributed by atoms with Crippen molar-refractivity contribution in [1.82, 2.24) is 9.62 Å². The number of anilines is 1. The van der Waals surface area contributed by atoms with Gasteiger partial charge in [0.05, 0.1) is 10.6 Å². The van der Waals surface area contributed by atoms with Gasteiger partial charge in [-0.15, -0.1) is 0 Å². The molecule has 3 N–H and O–H groups in total. The third kappa shape index (κ3) is 5.29. The summed E-state index contributed by atoms with van der Waals surface area (Å²) in [7, 11) is 0.0362. The minimum atomic E-state index is -3.84. The summed E-state index contributed by atoms with van der Waals surface area (Å²) in [6.07, 6.45) is 1.52. The summed E-state index contributed by atoms with van der Waals surface area (Å²) in [5, 5.41) is 10.7. The summed E-state index contributed by atoms with van der Waals surface area (Å²) in [4.78, 5) is 11.8. The Morgan fingerprint density at radius 3 is 2.57 bits per heavy atom. The zero-order chi connectivity index (χ0) is 16.0. The van der Waals surface area contributed by atoms with Gasteiger partial charge in [0, 0.05) is 18.7 Å². The molecule has 0 amide bonds. The van der Waals surface area contributed by atoms with Crippen LogP contribution in [0, 0.1) is 10.1 Å². The standard InChI is InChI=1S/C12H20N4O4S/c1-15(2)8-4-3-7-14-21(19,20)12-9-10(16(17)18)5-6-11(12)13/h5-6,9,14H,3-4,7-8,13H2,1-2H3. The first-order chi connectivity index (χ1) is 9.74. The zero-order valence-corrected chi connectivity index (χ0v) is 12.9. The Balaban J connectivity index is 2.74. The molecular weight excluding hydrogens is 296 g/mol. The number of sulfonamides is 1. The number of rotatable bonds is 8. The van der Waals surface area contributed by atoms with Crippen molar-refractivity contribution in [2.24, 2.45) is 0 Å². The highest BCUT2D eigenvalue weighted by atomic mass is 32.2. The molecule has 0 radical (unpaired) electrons. The number of nitro groups is 1.